The molecule has 8 heteroatoms. The van der Waals surface area contributed by atoms with Crippen LogP contribution in [0.1, 0.15) is 58.3 Å². The molecule has 1 atom stereocenters. The second-order valence-electron chi connectivity index (χ2n) is 7.67. The summed E-state index contributed by atoms with van der Waals surface area (Å²) in [5, 5.41) is 2.93. The molecular weight excluding hydrogens is 342 g/mol. The second-order valence-corrected chi connectivity index (χ2v) is 9.90. The molecule has 25 heavy (non-hydrogen) atoms. The van der Waals surface area contributed by atoms with Crippen LogP contribution in [0.3, 0.4) is 0 Å². The van der Waals surface area contributed by atoms with Crippen molar-refractivity contribution in [3.05, 3.63) is 0 Å². The maximum atomic E-state index is 12.9. The SMILES string of the molecule is CCCCN(CN1C(=O)NC2(CCCCC2)C1=O)C1CCS(=O)(=O)C1. The molecule has 2 saturated heterocycles. The van der Waals surface area contributed by atoms with Crippen LogP contribution in [0.5, 0.6) is 0 Å². The van der Waals surface area contributed by atoms with Crippen LogP contribution in [-0.2, 0) is 14.6 Å². The second kappa shape index (κ2) is 7.23. The molecule has 1 unspecified atom stereocenters. The maximum Gasteiger partial charge on any atom is 0.326 e. The van der Waals surface area contributed by atoms with Crippen LogP contribution in [0.4, 0.5) is 4.79 Å². The topological polar surface area (TPSA) is 86.8 Å². The van der Waals surface area contributed by atoms with Crippen molar-refractivity contribution in [2.75, 3.05) is 24.7 Å². The Morgan fingerprint density at radius 3 is 2.56 bits per heavy atom. The molecule has 7 nitrogen and oxygen atoms in total. The van der Waals surface area contributed by atoms with E-state index in [0.29, 0.717) is 25.8 Å². The van der Waals surface area contributed by atoms with Gasteiger partial charge in [-0.2, -0.15) is 0 Å². The Morgan fingerprint density at radius 1 is 1.24 bits per heavy atom. The third-order valence-corrected chi connectivity index (χ3v) is 7.55. The van der Waals surface area contributed by atoms with Crippen molar-refractivity contribution in [2.24, 2.45) is 0 Å². The summed E-state index contributed by atoms with van der Waals surface area (Å²) < 4.78 is 23.7. The van der Waals surface area contributed by atoms with Gasteiger partial charge in [-0.15, -0.1) is 0 Å². The van der Waals surface area contributed by atoms with Crippen LogP contribution >= 0.6 is 0 Å². The van der Waals surface area contributed by atoms with Gasteiger partial charge >= 0.3 is 6.03 Å². The standard InChI is InChI=1S/C17H29N3O4S/c1-2-3-10-19(14-7-11-25(23,24)12-14)13-20-15(21)17(18-16(20)22)8-5-4-6-9-17/h14H,2-13H2,1H3,(H,18,22). The van der Waals surface area contributed by atoms with Gasteiger partial charge in [-0.05, 0) is 25.7 Å². The molecule has 2 aliphatic heterocycles. The third-order valence-electron chi connectivity index (χ3n) is 5.80. The summed E-state index contributed by atoms with van der Waals surface area (Å²) in [4.78, 5) is 28.7. The molecule has 0 bridgehead atoms. The van der Waals surface area contributed by atoms with E-state index >= 15 is 0 Å². The number of hydrogen-bond acceptors (Lipinski definition) is 5. The molecule has 3 rings (SSSR count). The number of unbranched alkanes of at least 4 members (excludes halogenated alkanes) is 1. The van der Waals surface area contributed by atoms with Gasteiger partial charge < -0.3 is 5.32 Å². The summed E-state index contributed by atoms with van der Waals surface area (Å²) in [7, 11) is -3.00. The summed E-state index contributed by atoms with van der Waals surface area (Å²) in [5.74, 6) is 0.204. The molecule has 3 fully saturated rings. The van der Waals surface area contributed by atoms with E-state index in [4.69, 9.17) is 0 Å². The number of carbonyl (C=O) groups excluding carboxylic acids is 2. The van der Waals surface area contributed by atoms with Gasteiger partial charge in [0, 0.05) is 12.6 Å². The number of hydrogen-bond donors (Lipinski definition) is 1. The van der Waals surface area contributed by atoms with Crippen LogP contribution in [-0.4, -0.2) is 66.5 Å². The zero-order valence-corrected chi connectivity index (χ0v) is 15.8. The van der Waals surface area contributed by atoms with E-state index in [1.54, 1.807) is 0 Å². The Balaban J connectivity index is 1.72. The zero-order chi connectivity index (χ0) is 18.1. The highest BCUT2D eigenvalue weighted by Crippen LogP contribution is 2.34. The Hall–Kier alpha value is -1.15. The first-order valence-corrected chi connectivity index (χ1v) is 11.3. The smallest absolute Gasteiger partial charge is 0.323 e. The number of sulfone groups is 1. The highest BCUT2D eigenvalue weighted by Gasteiger charge is 2.51. The molecular formula is C17H29N3O4S. The van der Waals surface area contributed by atoms with Crippen molar-refractivity contribution in [1.82, 2.24) is 15.1 Å². The molecule has 0 radical (unpaired) electrons. The molecule has 1 aliphatic carbocycles. The van der Waals surface area contributed by atoms with Gasteiger partial charge in [0.15, 0.2) is 9.84 Å². The van der Waals surface area contributed by atoms with E-state index < -0.39 is 15.4 Å². The van der Waals surface area contributed by atoms with Crippen molar-refractivity contribution in [2.45, 2.75) is 69.9 Å². The minimum Gasteiger partial charge on any atom is -0.323 e. The molecule has 1 N–H and O–H groups in total. The minimum atomic E-state index is -3.00. The van der Waals surface area contributed by atoms with E-state index in [1.807, 2.05) is 4.90 Å². The predicted octanol–water partition coefficient (Wildman–Crippen LogP) is 1.49. The number of nitrogens with one attached hydrogen (secondary N) is 1. The first-order chi connectivity index (χ1) is 11.9. The van der Waals surface area contributed by atoms with Gasteiger partial charge in [-0.25, -0.2) is 18.1 Å². The number of nitrogens with zero attached hydrogens (tertiary/aromatic N) is 2. The maximum absolute atomic E-state index is 12.9. The zero-order valence-electron chi connectivity index (χ0n) is 15.0. The summed E-state index contributed by atoms with van der Waals surface area (Å²) in [6, 6.07) is -0.422. The van der Waals surface area contributed by atoms with E-state index in [0.717, 1.165) is 32.1 Å². The quantitative estimate of drug-likeness (QED) is 0.715. The molecule has 0 aromatic heterocycles. The summed E-state index contributed by atoms with van der Waals surface area (Å²) in [5.41, 5.74) is -0.715. The molecule has 2 heterocycles. The van der Waals surface area contributed by atoms with Gasteiger partial charge in [0.1, 0.15) is 5.54 Å². The van der Waals surface area contributed by atoms with Crippen LogP contribution in [0.15, 0.2) is 0 Å². The van der Waals surface area contributed by atoms with Gasteiger partial charge in [0.05, 0.1) is 18.2 Å². The van der Waals surface area contributed by atoms with Crippen LogP contribution in [0.25, 0.3) is 0 Å². The van der Waals surface area contributed by atoms with Crippen molar-refractivity contribution >= 4 is 21.8 Å². The summed E-state index contributed by atoms with van der Waals surface area (Å²) in [6.45, 7) is 2.99. The van der Waals surface area contributed by atoms with E-state index in [1.165, 1.54) is 4.90 Å². The number of rotatable bonds is 6. The number of urea groups is 1. The van der Waals surface area contributed by atoms with Crippen LogP contribution in [0, 0.1) is 0 Å². The van der Waals surface area contributed by atoms with Gasteiger partial charge in [-0.1, -0.05) is 32.6 Å². The van der Waals surface area contributed by atoms with Crippen molar-refractivity contribution in [3.63, 3.8) is 0 Å². The number of imide groups is 1. The van der Waals surface area contributed by atoms with Crippen LogP contribution in [0.2, 0.25) is 0 Å². The lowest BCUT2D eigenvalue weighted by Gasteiger charge is -2.33. The van der Waals surface area contributed by atoms with Crippen LogP contribution < -0.4 is 5.32 Å². The highest BCUT2D eigenvalue weighted by molar-refractivity contribution is 7.91. The summed E-state index contributed by atoms with van der Waals surface area (Å²) in [6.07, 6.45) is 6.93. The first-order valence-electron chi connectivity index (χ1n) is 9.45. The Bertz CT molecular complexity index is 628. The molecule has 1 saturated carbocycles. The van der Waals surface area contributed by atoms with Gasteiger partial charge in [0.25, 0.3) is 5.91 Å². The lowest BCUT2D eigenvalue weighted by molar-refractivity contribution is -0.134. The third kappa shape index (κ3) is 3.84. The normalized spacial score (nSPS) is 28.1. The molecule has 0 aromatic carbocycles. The molecule has 142 valence electrons. The number of amides is 3. The summed E-state index contributed by atoms with van der Waals surface area (Å²) >= 11 is 0. The Morgan fingerprint density at radius 2 is 1.96 bits per heavy atom. The average molecular weight is 372 g/mol. The highest BCUT2D eigenvalue weighted by atomic mass is 32.2. The number of carbonyl (C=O) groups is 2. The fourth-order valence-corrected chi connectivity index (χ4v) is 6.04. The molecule has 0 aromatic rings. The monoisotopic (exact) mass is 371 g/mol. The van der Waals surface area contributed by atoms with E-state index in [2.05, 4.69) is 12.2 Å². The van der Waals surface area contributed by atoms with Crippen molar-refractivity contribution in [1.29, 1.82) is 0 Å². The molecule has 1 spiro atoms. The van der Waals surface area contributed by atoms with Gasteiger partial charge in [0.2, 0.25) is 0 Å². The van der Waals surface area contributed by atoms with E-state index in [9.17, 15) is 18.0 Å². The average Bonchev–Trinajstić information content (AvgIpc) is 3.04. The lowest BCUT2D eigenvalue weighted by Crippen LogP contribution is -2.50. The molecule has 3 amide bonds. The fraction of sp³-hybridized carbons (Fsp3) is 0.882. The Labute approximate surface area is 150 Å². The minimum absolute atomic E-state index is 0.0972. The van der Waals surface area contributed by atoms with E-state index in [-0.39, 0.29) is 36.2 Å². The Kier molecular flexibility index (Phi) is 5.39. The van der Waals surface area contributed by atoms with Crippen molar-refractivity contribution in [3.8, 4) is 0 Å². The first kappa shape index (κ1) is 18.6. The fourth-order valence-electron chi connectivity index (χ4n) is 4.27. The molecule has 3 aliphatic rings. The predicted molar refractivity (Wildman–Crippen MR) is 94.7 cm³/mol. The van der Waals surface area contributed by atoms with Gasteiger partial charge in [-0.3, -0.25) is 9.69 Å². The van der Waals surface area contributed by atoms with Crippen molar-refractivity contribution < 1.29 is 18.0 Å². The lowest BCUT2D eigenvalue weighted by atomic mass is 9.82. The largest absolute Gasteiger partial charge is 0.326 e.